The van der Waals surface area contributed by atoms with E-state index >= 15 is 0 Å². The fourth-order valence-corrected chi connectivity index (χ4v) is 2.21. The van der Waals surface area contributed by atoms with Crippen molar-refractivity contribution >= 4 is 0 Å². The number of rotatable bonds is 9. The molecule has 5 heteroatoms. The third-order valence-corrected chi connectivity index (χ3v) is 3.41. The molecule has 0 bridgehead atoms. The van der Waals surface area contributed by atoms with E-state index in [0.29, 0.717) is 13.2 Å². The van der Waals surface area contributed by atoms with Crippen molar-refractivity contribution in [1.29, 1.82) is 0 Å². The molecular weight excluding hydrogens is 278 g/mol. The second-order valence-corrected chi connectivity index (χ2v) is 5.34. The summed E-state index contributed by atoms with van der Waals surface area (Å²) in [5, 5.41) is 13.1. The lowest BCUT2D eigenvalue weighted by atomic mass is 10.3. The molecule has 1 atom stereocenters. The lowest BCUT2D eigenvalue weighted by Crippen LogP contribution is -2.35. The van der Waals surface area contributed by atoms with Crippen LogP contribution in [0.15, 0.2) is 42.5 Å². The number of aromatic nitrogens is 1. The van der Waals surface area contributed by atoms with E-state index in [1.807, 2.05) is 30.3 Å². The zero-order chi connectivity index (χ0) is 15.8. The van der Waals surface area contributed by atoms with Gasteiger partial charge in [0.1, 0.15) is 18.5 Å². The molecule has 0 amide bonds. The standard InChI is InChI=1S/C17H25N3O2/c1-14-8-9-15(2)20(14)19-11-10-18-12-16(21)13-22-17-6-4-3-5-7-17/h3-9,16,18-19,21H,10-13H2,1-2H3. The maximum atomic E-state index is 9.87. The van der Waals surface area contributed by atoms with Gasteiger partial charge in [0.05, 0.1) is 0 Å². The summed E-state index contributed by atoms with van der Waals surface area (Å²) in [4.78, 5) is 0. The van der Waals surface area contributed by atoms with Gasteiger partial charge in [0.2, 0.25) is 0 Å². The normalized spacial score (nSPS) is 12.1. The largest absolute Gasteiger partial charge is 0.491 e. The van der Waals surface area contributed by atoms with Crippen LogP contribution in [0.1, 0.15) is 11.4 Å². The first kappa shape index (κ1) is 16.4. The van der Waals surface area contributed by atoms with E-state index in [2.05, 4.69) is 41.4 Å². The Bertz CT molecular complexity index is 535. The molecule has 1 heterocycles. The highest BCUT2D eigenvalue weighted by atomic mass is 16.5. The van der Waals surface area contributed by atoms with Crippen molar-refractivity contribution in [3.05, 3.63) is 53.9 Å². The number of benzene rings is 1. The molecule has 0 aliphatic carbocycles. The molecule has 3 N–H and O–H groups in total. The summed E-state index contributed by atoms with van der Waals surface area (Å²) in [7, 11) is 0. The first-order valence-corrected chi connectivity index (χ1v) is 7.62. The molecule has 2 aromatic rings. The number of aliphatic hydroxyl groups excluding tert-OH is 1. The van der Waals surface area contributed by atoms with Crippen molar-refractivity contribution < 1.29 is 9.84 Å². The number of ether oxygens (including phenoxy) is 1. The Morgan fingerprint density at radius 3 is 2.41 bits per heavy atom. The third kappa shape index (κ3) is 5.09. The highest BCUT2D eigenvalue weighted by molar-refractivity contribution is 5.20. The molecule has 0 saturated heterocycles. The van der Waals surface area contributed by atoms with E-state index in [9.17, 15) is 5.11 Å². The lowest BCUT2D eigenvalue weighted by Gasteiger charge is -2.15. The summed E-state index contributed by atoms with van der Waals surface area (Å²) in [5.74, 6) is 0.779. The molecule has 2 rings (SSSR count). The van der Waals surface area contributed by atoms with E-state index in [-0.39, 0.29) is 0 Å². The average Bonchev–Trinajstić information content (AvgIpc) is 2.85. The van der Waals surface area contributed by atoms with Crippen LogP contribution in [0.5, 0.6) is 5.75 Å². The molecule has 0 saturated carbocycles. The van der Waals surface area contributed by atoms with Gasteiger partial charge in [-0.2, -0.15) is 0 Å². The average molecular weight is 303 g/mol. The molecule has 0 aliphatic heterocycles. The Balaban J connectivity index is 1.56. The van der Waals surface area contributed by atoms with Gasteiger partial charge in [0, 0.05) is 31.0 Å². The van der Waals surface area contributed by atoms with E-state index in [1.54, 1.807) is 0 Å². The van der Waals surface area contributed by atoms with Crippen molar-refractivity contribution in [2.45, 2.75) is 20.0 Å². The molecule has 5 nitrogen and oxygen atoms in total. The van der Waals surface area contributed by atoms with E-state index in [0.717, 1.165) is 18.8 Å². The van der Waals surface area contributed by atoms with Crippen LogP contribution < -0.4 is 15.5 Å². The summed E-state index contributed by atoms with van der Waals surface area (Å²) in [6, 6.07) is 13.7. The van der Waals surface area contributed by atoms with E-state index in [4.69, 9.17) is 4.74 Å². The Labute approximate surface area is 131 Å². The van der Waals surface area contributed by atoms with Gasteiger partial charge in [-0.05, 0) is 38.1 Å². The number of aliphatic hydroxyl groups is 1. The quantitative estimate of drug-likeness (QED) is 0.617. The predicted octanol–water partition coefficient (Wildman–Crippen LogP) is 1.68. The zero-order valence-electron chi connectivity index (χ0n) is 13.2. The van der Waals surface area contributed by atoms with E-state index < -0.39 is 6.10 Å². The topological polar surface area (TPSA) is 58.5 Å². The van der Waals surface area contributed by atoms with Gasteiger partial charge in [0.15, 0.2) is 0 Å². The minimum Gasteiger partial charge on any atom is -0.491 e. The van der Waals surface area contributed by atoms with E-state index in [1.165, 1.54) is 11.4 Å². The second-order valence-electron chi connectivity index (χ2n) is 5.34. The van der Waals surface area contributed by atoms with Crippen molar-refractivity contribution in [3.63, 3.8) is 0 Å². The van der Waals surface area contributed by atoms with Crippen LogP contribution in [0, 0.1) is 13.8 Å². The van der Waals surface area contributed by atoms with Crippen molar-refractivity contribution in [2.75, 3.05) is 31.7 Å². The molecule has 1 unspecified atom stereocenters. The summed E-state index contributed by atoms with van der Waals surface area (Å²) < 4.78 is 7.57. The van der Waals surface area contributed by atoms with Crippen LogP contribution in [0.25, 0.3) is 0 Å². The number of para-hydroxylation sites is 1. The summed E-state index contributed by atoms with van der Waals surface area (Å²) in [6.45, 7) is 6.51. The highest BCUT2D eigenvalue weighted by Gasteiger charge is 2.04. The first-order valence-electron chi connectivity index (χ1n) is 7.62. The number of aryl methyl sites for hydroxylation is 2. The Morgan fingerprint density at radius 2 is 1.73 bits per heavy atom. The molecule has 22 heavy (non-hydrogen) atoms. The van der Waals surface area contributed by atoms with Crippen LogP contribution in [0.3, 0.4) is 0 Å². The third-order valence-electron chi connectivity index (χ3n) is 3.41. The molecule has 0 spiro atoms. The van der Waals surface area contributed by atoms with Crippen LogP contribution in [0.4, 0.5) is 0 Å². The van der Waals surface area contributed by atoms with Crippen LogP contribution in [-0.4, -0.2) is 42.1 Å². The number of hydrogen-bond acceptors (Lipinski definition) is 4. The molecule has 0 aliphatic rings. The summed E-state index contributed by atoms with van der Waals surface area (Å²) >= 11 is 0. The monoisotopic (exact) mass is 303 g/mol. The Morgan fingerprint density at radius 1 is 1.05 bits per heavy atom. The van der Waals surface area contributed by atoms with Gasteiger partial charge in [-0.3, -0.25) is 4.68 Å². The molecular formula is C17H25N3O2. The molecule has 0 radical (unpaired) electrons. The van der Waals surface area contributed by atoms with Crippen LogP contribution in [-0.2, 0) is 0 Å². The SMILES string of the molecule is Cc1ccc(C)n1NCCNCC(O)COc1ccccc1. The van der Waals surface area contributed by atoms with Gasteiger partial charge in [0.25, 0.3) is 0 Å². The molecule has 1 aromatic carbocycles. The smallest absolute Gasteiger partial charge is 0.119 e. The van der Waals surface area contributed by atoms with Crippen LogP contribution in [0.2, 0.25) is 0 Å². The second kappa shape index (κ2) is 8.46. The van der Waals surface area contributed by atoms with Gasteiger partial charge in [-0.25, -0.2) is 0 Å². The Hall–Kier alpha value is -1.98. The van der Waals surface area contributed by atoms with Gasteiger partial charge in [-0.1, -0.05) is 18.2 Å². The highest BCUT2D eigenvalue weighted by Crippen LogP contribution is 2.08. The van der Waals surface area contributed by atoms with Crippen molar-refractivity contribution in [2.24, 2.45) is 0 Å². The maximum Gasteiger partial charge on any atom is 0.119 e. The van der Waals surface area contributed by atoms with Gasteiger partial charge < -0.3 is 20.6 Å². The fourth-order valence-electron chi connectivity index (χ4n) is 2.21. The predicted molar refractivity (Wildman–Crippen MR) is 88.9 cm³/mol. The first-order chi connectivity index (χ1) is 10.7. The zero-order valence-corrected chi connectivity index (χ0v) is 13.2. The number of hydrogen-bond donors (Lipinski definition) is 3. The van der Waals surface area contributed by atoms with Gasteiger partial charge >= 0.3 is 0 Å². The molecule has 1 aromatic heterocycles. The number of nitrogens with zero attached hydrogens (tertiary/aromatic N) is 1. The maximum absolute atomic E-state index is 9.87. The lowest BCUT2D eigenvalue weighted by molar-refractivity contribution is 0.107. The molecule has 0 fully saturated rings. The fraction of sp³-hybridized carbons (Fsp3) is 0.412. The molecule has 120 valence electrons. The summed E-state index contributed by atoms with van der Waals surface area (Å²) in [5.41, 5.74) is 5.71. The minimum atomic E-state index is -0.518. The van der Waals surface area contributed by atoms with Crippen LogP contribution >= 0.6 is 0 Å². The Kier molecular flexibility index (Phi) is 6.30. The van der Waals surface area contributed by atoms with Crippen molar-refractivity contribution in [1.82, 2.24) is 9.99 Å². The summed E-state index contributed by atoms with van der Waals surface area (Å²) in [6.07, 6.45) is -0.518. The number of nitrogens with one attached hydrogen (secondary N) is 2. The van der Waals surface area contributed by atoms with Crippen molar-refractivity contribution in [3.8, 4) is 5.75 Å². The van der Waals surface area contributed by atoms with Gasteiger partial charge in [-0.15, -0.1) is 0 Å². The minimum absolute atomic E-state index is 0.292.